The average molecular weight is 204 g/mol. The lowest BCUT2D eigenvalue weighted by atomic mass is 9.93. The van der Waals surface area contributed by atoms with Crippen LogP contribution in [0.15, 0.2) is 24.0 Å². The van der Waals surface area contributed by atoms with Gasteiger partial charge in [0.1, 0.15) is 5.76 Å². The molecule has 0 fully saturated rings. The lowest BCUT2D eigenvalue weighted by molar-refractivity contribution is 0.312. The number of alkyl halides is 1. The first-order valence-electron chi connectivity index (χ1n) is 3.06. The summed E-state index contributed by atoms with van der Waals surface area (Å²) in [6, 6.07) is 0. The Balaban J connectivity index is 2.93. The first-order chi connectivity index (χ1) is 4.55. The lowest BCUT2D eigenvalue weighted by Gasteiger charge is -2.29. The molecule has 2 nitrogen and oxygen atoms in total. The van der Waals surface area contributed by atoms with Crippen LogP contribution < -0.4 is 5.73 Å². The molecule has 1 aliphatic carbocycles. The summed E-state index contributed by atoms with van der Waals surface area (Å²) < 4.78 is 0. The van der Waals surface area contributed by atoms with Gasteiger partial charge in [-0.2, -0.15) is 0 Å². The van der Waals surface area contributed by atoms with E-state index >= 15 is 0 Å². The minimum atomic E-state index is -0.658. The molecule has 3 N–H and O–H groups in total. The molecular weight excluding hydrogens is 194 g/mol. The molecule has 0 aromatic rings. The van der Waals surface area contributed by atoms with Crippen molar-refractivity contribution in [3.8, 4) is 0 Å². The predicted molar refractivity (Wildman–Crippen MR) is 45.2 cm³/mol. The molecule has 0 bridgehead atoms. The van der Waals surface area contributed by atoms with E-state index in [1.807, 2.05) is 6.08 Å². The Bertz CT molecular complexity index is 196. The Morgan fingerprint density at radius 2 is 2.40 bits per heavy atom. The van der Waals surface area contributed by atoms with Gasteiger partial charge < -0.3 is 10.8 Å². The second-order valence-corrected chi connectivity index (χ2v) is 3.61. The fourth-order valence-corrected chi connectivity index (χ4v) is 1.18. The highest BCUT2D eigenvalue weighted by atomic mass is 79.9. The van der Waals surface area contributed by atoms with E-state index in [9.17, 15) is 5.11 Å². The van der Waals surface area contributed by atoms with E-state index in [2.05, 4.69) is 15.9 Å². The predicted octanol–water partition coefficient (Wildman–Crippen LogP) is 1.48. The molecule has 2 atom stereocenters. The van der Waals surface area contributed by atoms with Crippen LogP contribution in [0.2, 0.25) is 0 Å². The molecule has 0 aliphatic heterocycles. The third-order valence-corrected chi connectivity index (χ3v) is 2.92. The number of rotatable bonds is 0. The third kappa shape index (κ3) is 1.11. The van der Waals surface area contributed by atoms with Crippen molar-refractivity contribution in [2.24, 2.45) is 5.73 Å². The second-order valence-electron chi connectivity index (χ2n) is 2.62. The van der Waals surface area contributed by atoms with Crippen molar-refractivity contribution in [2.75, 3.05) is 0 Å². The van der Waals surface area contributed by atoms with Gasteiger partial charge in [0.25, 0.3) is 0 Å². The largest absolute Gasteiger partial charge is 0.510 e. The molecule has 0 amide bonds. The van der Waals surface area contributed by atoms with Gasteiger partial charge in [0.2, 0.25) is 0 Å². The quantitative estimate of drug-likeness (QED) is 0.587. The number of nitrogens with two attached hydrogens (primary N) is 1. The molecule has 3 heteroatoms. The summed E-state index contributed by atoms with van der Waals surface area (Å²) in [5, 5.41) is 9.26. The molecule has 0 aromatic carbocycles. The van der Waals surface area contributed by atoms with Crippen LogP contribution in [0.4, 0.5) is 0 Å². The van der Waals surface area contributed by atoms with Gasteiger partial charge in [-0.3, -0.25) is 0 Å². The molecule has 0 saturated heterocycles. The molecular formula is C7H10BrNO. The van der Waals surface area contributed by atoms with Crippen LogP contribution >= 0.6 is 15.9 Å². The van der Waals surface area contributed by atoms with Crippen molar-refractivity contribution in [1.82, 2.24) is 0 Å². The van der Waals surface area contributed by atoms with Crippen LogP contribution in [-0.2, 0) is 0 Å². The summed E-state index contributed by atoms with van der Waals surface area (Å²) in [6.45, 7) is 1.78. The minimum absolute atomic E-state index is 0.0185. The van der Waals surface area contributed by atoms with E-state index in [0.717, 1.165) is 0 Å². The van der Waals surface area contributed by atoms with Gasteiger partial charge in [-0.15, -0.1) is 0 Å². The zero-order chi connectivity index (χ0) is 7.78. The van der Waals surface area contributed by atoms with Crippen molar-refractivity contribution < 1.29 is 5.11 Å². The smallest absolute Gasteiger partial charge is 0.113 e. The highest BCUT2D eigenvalue weighted by Crippen LogP contribution is 2.26. The Morgan fingerprint density at radius 1 is 1.80 bits per heavy atom. The number of hydrogen-bond donors (Lipinski definition) is 2. The van der Waals surface area contributed by atoms with E-state index in [0.29, 0.717) is 0 Å². The first kappa shape index (κ1) is 7.82. The standard InChI is InChI=1S/C7H10BrNO/c1-7(9)5(8)3-2-4-6(7)10/h2-5,10H,9H2,1H3. The van der Waals surface area contributed by atoms with Gasteiger partial charge >= 0.3 is 0 Å². The van der Waals surface area contributed by atoms with Crippen LogP contribution in [0.3, 0.4) is 0 Å². The molecule has 2 unspecified atom stereocenters. The summed E-state index contributed by atoms with van der Waals surface area (Å²) in [7, 11) is 0. The fourth-order valence-electron chi connectivity index (χ4n) is 0.765. The van der Waals surface area contributed by atoms with Crippen molar-refractivity contribution >= 4 is 15.9 Å². The van der Waals surface area contributed by atoms with E-state index in [-0.39, 0.29) is 10.6 Å². The number of allylic oxidation sites excluding steroid dienone is 2. The van der Waals surface area contributed by atoms with Crippen molar-refractivity contribution in [3.05, 3.63) is 24.0 Å². The van der Waals surface area contributed by atoms with Crippen LogP contribution in [0.25, 0.3) is 0 Å². The Hall–Kier alpha value is -0.280. The highest BCUT2D eigenvalue weighted by Gasteiger charge is 2.32. The monoisotopic (exact) mass is 203 g/mol. The molecule has 0 heterocycles. The van der Waals surface area contributed by atoms with E-state index in [1.165, 1.54) is 0 Å². The number of halogens is 1. The molecule has 56 valence electrons. The van der Waals surface area contributed by atoms with Gasteiger partial charge in [0.15, 0.2) is 0 Å². The van der Waals surface area contributed by atoms with Crippen LogP contribution in [0.1, 0.15) is 6.92 Å². The van der Waals surface area contributed by atoms with E-state index in [4.69, 9.17) is 5.73 Å². The summed E-state index contributed by atoms with van der Waals surface area (Å²) in [5.41, 5.74) is 5.09. The number of hydrogen-bond acceptors (Lipinski definition) is 2. The fraction of sp³-hybridized carbons (Fsp3) is 0.429. The number of aliphatic hydroxyl groups excluding tert-OH is 1. The third-order valence-electron chi connectivity index (χ3n) is 1.66. The number of aliphatic hydroxyl groups is 1. The average Bonchev–Trinajstić information content (AvgIpc) is 1.84. The normalized spacial score (nSPS) is 39.5. The van der Waals surface area contributed by atoms with Crippen LogP contribution in [-0.4, -0.2) is 15.5 Å². The van der Waals surface area contributed by atoms with Gasteiger partial charge in [-0.1, -0.05) is 28.1 Å². The zero-order valence-corrected chi connectivity index (χ0v) is 7.30. The van der Waals surface area contributed by atoms with E-state index < -0.39 is 5.54 Å². The summed E-state index contributed by atoms with van der Waals surface area (Å²) in [5.74, 6) is 0.219. The molecule has 1 rings (SSSR count). The zero-order valence-electron chi connectivity index (χ0n) is 5.71. The van der Waals surface area contributed by atoms with Gasteiger partial charge in [0.05, 0.1) is 10.4 Å². The summed E-state index contributed by atoms with van der Waals surface area (Å²) in [6.07, 6.45) is 5.29. The van der Waals surface area contributed by atoms with Gasteiger partial charge in [-0.25, -0.2) is 0 Å². The second kappa shape index (κ2) is 2.40. The maximum absolute atomic E-state index is 9.26. The van der Waals surface area contributed by atoms with Gasteiger partial charge in [0, 0.05) is 0 Å². The van der Waals surface area contributed by atoms with Gasteiger partial charge in [-0.05, 0) is 13.0 Å². The SMILES string of the molecule is CC1(N)C(O)=CC=CC1Br. The van der Waals surface area contributed by atoms with Crippen molar-refractivity contribution in [1.29, 1.82) is 0 Å². The Labute approximate surface area is 68.5 Å². The van der Waals surface area contributed by atoms with Crippen molar-refractivity contribution in [3.63, 3.8) is 0 Å². The topological polar surface area (TPSA) is 46.2 Å². The molecule has 0 spiro atoms. The molecule has 0 aromatic heterocycles. The van der Waals surface area contributed by atoms with Crippen LogP contribution in [0.5, 0.6) is 0 Å². The molecule has 0 saturated carbocycles. The Kier molecular flexibility index (Phi) is 1.88. The summed E-state index contributed by atoms with van der Waals surface area (Å²) in [4.78, 5) is 0.0185. The maximum Gasteiger partial charge on any atom is 0.113 e. The minimum Gasteiger partial charge on any atom is -0.510 e. The van der Waals surface area contributed by atoms with Crippen LogP contribution in [0, 0.1) is 0 Å². The van der Waals surface area contributed by atoms with E-state index in [1.54, 1.807) is 19.1 Å². The lowest BCUT2D eigenvalue weighted by Crippen LogP contribution is -2.47. The Morgan fingerprint density at radius 3 is 2.80 bits per heavy atom. The molecule has 1 aliphatic rings. The highest BCUT2D eigenvalue weighted by molar-refractivity contribution is 9.09. The molecule has 0 radical (unpaired) electrons. The first-order valence-corrected chi connectivity index (χ1v) is 3.97. The maximum atomic E-state index is 9.26. The van der Waals surface area contributed by atoms with Crippen molar-refractivity contribution in [2.45, 2.75) is 17.3 Å². The molecule has 10 heavy (non-hydrogen) atoms. The summed E-state index contributed by atoms with van der Waals surface area (Å²) >= 11 is 3.34.